The van der Waals surface area contributed by atoms with Crippen molar-refractivity contribution in [2.75, 3.05) is 11.5 Å². The molecule has 1 atom stereocenters. The molecule has 1 N–H and O–H groups in total. The molecule has 2 rings (SSSR count). The summed E-state index contributed by atoms with van der Waals surface area (Å²) in [5, 5.41) is 9.08. The van der Waals surface area contributed by atoms with E-state index in [2.05, 4.69) is 4.98 Å². The molecule has 1 unspecified atom stereocenters. The number of pyridine rings is 1. The van der Waals surface area contributed by atoms with Crippen LogP contribution in [0.25, 0.3) is 0 Å². The number of nitrogens with zero attached hydrogens (tertiary/aromatic N) is 2. The minimum Gasteiger partial charge on any atom is -0.480 e. The second-order valence-electron chi connectivity index (χ2n) is 3.75. The Morgan fingerprint density at radius 1 is 1.65 bits per heavy atom. The highest BCUT2D eigenvalue weighted by Crippen LogP contribution is 2.20. The van der Waals surface area contributed by atoms with Crippen molar-refractivity contribution in [3.05, 3.63) is 30.1 Å². The van der Waals surface area contributed by atoms with Gasteiger partial charge in [0, 0.05) is 24.7 Å². The van der Waals surface area contributed by atoms with Crippen molar-refractivity contribution in [2.45, 2.75) is 12.6 Å². The van der Waals surface area contributed by atoms with Crippen LogP contribution in [0.5, 0.6) is 0 Å². The van der Waals surface area contributed by atoms with Crippen LogP contribution in [0.4, 0.5) is 0 Å². The topological polar surface area (TPSA) is 70.5 Å². The SMILES string of the molecule is O=C(O)C1CSCC(=O)N1Cc1cccnc1. The van der Waals surface area contributed by atoms with Crippen LogP contribution < -0.4 is 0 Å². The predicted molar refractivity (Wildman–Crippen MR) is 63.5 cm³/mol. The maximum Gasteiger partial charge on any atom is 0.327 e. The number of rotatable bonds is 3. The molecule has 1 amide bonds. The quantitative estimate of drug-likeness (QED) is 0.853. The maximum absolute atomic E-state index is 11.7. The monoisotopic (exact) mass is 252 g/mol. The highest BCUT2D eigenvalue weighted by Gasteiger charge is 2.33. The molecule has 1 aromatic rings. The normalized spacial score (nSPS) is 20.4. The highest BCUT2D eigenvalue weighted by molar-refractivity contribution is 8.00. The van der Waals surface area contributed by atoms with Gasteiger partial charge in [-0.05, 0) is 11.6 Å². The summed E-state index contributed by atoms with van der Waals surface area (Å²) in [7, 11) is 0. The molecule has 90 valence electrons. The molecule has 0 radical (unpaired) electrons. The Morgan fingerprint density at radius 3 is 3.12 bits per heavy atom. The number of aromatic nitrogens is 1. The standard InChI is InChI=1S/C11H12N2O3S/c14-10-7-17-6-9(11(15)16)13(10)5-8-2-1-3-12-4-8/h1-4,9H,5-7H2,(H,15,16). The molecule has 0 spiro atoms. The van der Waals surface area contributed by atoms with E-state index in [1.165, 1.54) is 16.7 Å². The molecule has 6 heteroatoms. The van der Waals surface area contributed by atoms with Gasteiger partial charge >= 0.3 is 5.97 Å². The number of carboxylic acids is 1. The summed E-state index contributed by atoms with van der Waals surface area (Å²) in [6, 6.07) is 2.87. The third-order valence-electron chi connectivity index (χ3n) is 2.56. The van der Waals surface area contributed by atoms with Gasteiger partial charge in [0.2, 0.25) is 5.91 Å². The van der Waals surface area contributed by atoms with Gasteiger partial charge in [-0.2, -0.15) is 0 Å². The van der Waals surface area contributed by atoms with Crippen LogP contribution in [-0.4, -0.2) is 44.4 Å². The average molecular weight is 252 g/mol. The summed E-state index contributed by atoms with van der Waals surface area (Å²) >= 11 is 1.37. The van der Waals surface area contributed by atoms with Crippen LogP contribution in [0.1, 0.15) is 5.56 Å². The minimum absolute atomic E-state index is 0.127. The lowest BCUT2D eigenvalue weighted by Gasteiger charge is -2.32. The molecular formula is C11H12N2O3S. The molecule has 5 nitrogen and oxygen atoms in total. The van der Waals surface area contributed by atoms with E-state index in [1.807, 2.05) is 6.07 Å². The van der Waals surface area contributed by atoms with Gasteiger partial charge in [-0.25, -0.2) is 4.79 Å². The van der Waals surface area contributed by atoms with Crippen molar-refractivity contribution >= 4 is 23.6 Å². The van der Waals surface area contributed by atoms with E-state index in [0.29, 0.717) is 18.1 Å². The number of carboxylic acid groups (broad SMARTS) is 1. The number of amides is 1. The van der Waals surface area contributed by atoms with E-state index < -0.39 is 12.0 Å². The van der Waals surface area contributed by atoms with Gasteiger partial charge in [0.25, 0.3) is 0 Å². The Balaban J connectivity index is 2.15. The van der Waals surface area contributed by atoms with E-state index in [1.54, 1.807) is 18.5 Å². The van der Waals surface area contributed by atoms with Gasteiger partial charge < -0.3 is 10.0 Å². The minimum atomic E-state index is -0.950. The Labute approximate surface area is 103 Å². The Hall–Kier alpha value is -1.56. The van der Waals surface area contributed by atoms with Crippen LogP contribution in [0.3, 0.4) is 0 Å². The summed E-state index contributed by atoms with van der Waals surface area (Å²) < 4.78 is 0. The van der Waals surface area contributed by atoms with Crippen molar-refractivity contribution in [1.29, 1.82) is 0 Å². The molecule has 0 aliphatic carbocycles. The van der Waals surface area contributed by atoms with E-state index in [0.717, 1.165) is 5.56 Å². The lowest BCUT2D eigenvalue weighted by Crippen LogP contribution is -2.50. The third kappa shape index (κ3) is 2.76. The van der Waals surface area contributed by atoms with Gasteiger partial charge in [0.05, 0.1) is 5.75 Å². The first kappa shape index (κ1) is 11.9. The lowest BCUT2D eigenvalue weighted by atomic mass is 10.2. The van der Waals surface area contributed by atoms with E-state index >= 15 is 0 Å². The van der Waals surface area contributed by atoms with Gasteiger partial charge in [-0.15, -0.1) is 11.8 Å². The Kier molecular flexibility index (Phi) is 3.63. The molecule has 1 aliphatic rings. The molecule has 17 heavy (non-hydrogen) atoms. The van der Waals surface area contributed by atoms with Crippen molar-refractivity contribution in [1.82, 2.24) is 9.88 Å². The summed E-state index contributed by atoms with van der Waals surface area (Å²) in [6.07, 6.45) is 3.29. The fourth-order valence-corrected chi connectivity index (χ4v) is 2.70. The molecule has 0 aromatic carbocycles. The molecule has 0 saturated carbocycles. The van der Waals surface area contributed by atoms with Crippen molar-refractivity contribution in [2.24, 2.45) is 0 Å². The fourth-order valence-electron chi connectivity index (χ4n) is 1.70. The number of carbonyl (C=O) groups excluding carboxylic acids is 1. The van der Waals surface area contributed by atoms with Crippen LogP contribution in [0.15, 0.2) is 24.5 Å². The van der Waals surface area contributed by atoms with Crippen molar-refractivity contribution < 1.29 is 14.7 Å². The van der Waals surface area contributed by atoms with Crippen molar-refractivity contribution in [3.8, 4) is 0 Å². The first-order valence-corrected chi connectivity index (χ1v) is 6.33. The molecule has 0 bridgehead atoms. The number of hydrogen-bond acceptors (Lipinski definition) is 4. The number of hydrogen-bond donors (Lipinski definition) is 1. The number of thioether (sulfide) groups is 1. The van der Waals surface area contributed by atoms with Gasteiger partial charge in [-0.1, -0.05) is 6.07 Å². The zero-order valence-corrected chi connectivity index (χ0v) is 9.89. The van der Waals surface area contributed by atoms with Crippen LogP contribution in [0.2, 0.25) is 0 Å². The van der Waals surface area contributed by atoms with Crippen LogP contribution in [-0.2, 0) is 16.1 Å². The number of aliphatic carboxylic acids is 1. The molecule has 2 heterocycles. The number of carbonyl (C=O) groups is 2. The summed E-state index contributed by atoms with van der Waals surface area (Å²) in [6.45, 7) is 0.310. The molecule has 1 aromatic heterocycles. The van der Waals surface area contributed by atoms with E-state index in [4.69, 9.17) is 5.11 Å². The molecular weight excluding hydrogens is 240 g/mol. The van der Waals surface area contributed by atoms with Gasteiger partial charge in [0.1, 0.15) is 6.04 Å². The highest BCUT2D eigenvalue weighted by atomic mass is 32.2. The predicted octanol–water partition coefficient (Wildman–Crippen LogP) is 0.610. The zero-order valence-electron chi connectivity index (χ0n) is 9.07. The maximum atomic E-state index is 11.7. The molecule has 1 aliphatic heterocycles. The van der Waals surface area contributed by atoms with E-state index in [9.17, 15) is 9.59 Å². The second-order valence-corrected chi connectivity index (χ2v) is 4.78. The Bertz CT molecular complexity index is 424. The zero-order chi connectivity index (χ0) is 12.3. The van der Waals surface area contributed by atoms with Crippen LogP contribution in [0, 0.1) is 0 Å². The molecule has 1 saturated heterocycles. The summed E-state index contributed by atoms with van der Waals surface area (Å²) in [5.74, 6) is -0.280. The second kappa shape index (κ2) is 5.18. The average Bonchev–Trinajstić information content (AvgIpc) is 2.33. The van der Waals surface area contributed by atoms with Crippen LogP contribution >= 0.6 is 11.8 Å². The first-order valence-electron chi connectivity index (χ1n) is 5.17. The first-order chi connectivity index (χ1) is 8.18. The largest absolute Gasteiger partial charge is 0.480 e. The fraction of sp³-hybridized carbons (Fsp3) is 0.364. The Morgan fingerprint density at radius 2 is 2.47 bits per heavy atom. The van der Waals surface area contributed by atoms with Gasteiger partial charge in [-0.3, -0.25) is 9.78 Å². The third-order valence-corrected chi connectivity index (χ3v) is 3.56. The van der Waals surface area contributed by atoms with E-state index in [-0.39, 0.29) is 5.91 Å². The summed E-state index contributed by atoms with van der Waals surface area (Å²) in [5.41, 5.74) is 0.846. The van der Waals surface area contributed by atoms with Gasteiger partial charge in [0.15, 0.2) is 0 Å². The summed E-state index contributed by atoms with van der Waals surface area (Å²) in [4.78, 5) is 28.2. The lowest BCUT2D eigenvalue weighted by molar-refractivity contribution is -0.149. The smallest absolute Gasteiger partial charge is 0.327 e. The molecule has 1 fully saturated rings. The van der Waals surface area contributed by atoms with Crippen molar-refractivity contribution in [3.63, 3.8) is 0 Å².